The number of carbonyl (C=O) groups excluding carboxylic acids is 1. The largest absolute Gasteiger partial charge is 0.474 e. The van der Waals surface area contributed by atoms with Crippen molar-refractivity contribution in [1.82, 2.24) is 10.3 Å². The van der Waals surface area contributed by atoms with Gasteiger partial charge in [-0.2, -0.15) is 0 Å². The Balaban J connectivity index is 1.42. The Morgan fingerprint density at radius 1 is 1.12 bits per heavy atom. The van der Waals surface area contributed by atoms with Crippen LogP contribution in [0.2, 0.25) is 0 Å². The predicted molar refractivity (Wildman–Crippen MR) is 92.7 cm³/mol. The molecule has 0 aliphatic heterocycles. The minimum atomic E-state index is -0.473. The van der Waals surface area contributed by atoms with Crippen LogP contribution in [-0.2, 0) is 6.54 Å². The van der Waals surface area contributed by atoms with Crippen molar-refractivity contribution in [3.8, 4) is 5.88 Å². The van der Waals surface area contributed by atoms with Crippen molar-refractivity contribution >= 4 is 5.91 Å². The SMILES string of the molecule is NC(=O)c1ccc(O[C@H]2CC[C@H](NCc3ccccc3)CC2)nc1. The molecule has 0 radical (unpaired) electrons. The van der Waals surface area contributed by atoms with E-state index in [1.54, 1.807) is 12.1 Å². The molecule has 1 aliphatic carbocycles. The van der Waals surface area contributed by atoms with Gasteiger partial charge in [0.15, 0.2) is 0 Å². The van der Waals surface area contributed by atoms with Crippen molar-refractivity contribution in [2.45, 2.75) is 44.4 Å². The van der Waals surface area contributed by atoms with Crippen molar-refractivity contribution < 1.29 is 9.53 Å². The lowest BCUT2D eigenvalue weighted by Crippen LogP contribution is -2.36. The van der Waals surface area contributed by atoms with E-state index >= 15 is 0 Å². The minimum Gasteiger partial charge on any atom is -0.474 e. The van der Waals surface area contributed by atoms with E-state index in [1.165, 1.54) is 11.8 Å². The molecule has 0 saturated heterocycles. The van der Waals surface area contributed by atoms with Crippen LogP contribution in [0.3, 0.4) is 0 Å². The third-order valence-electron chi connectivity index (χ3n) is 4.42. The molecule has 2 aromatic rings. The lowest BCUT2D eigenvalue weighted by molar-refractivity contribution is 0.0999. The first-order valence-electron chi connectivity index (χ1n) is 8.40. The summed E-state index contributed by atoms with van der Waals surface area (Å²) in [5.74, 6) is 0.0831. The number of rotatable bonds is 6. The lowest BCUT2D eigenvalue weighted by atomic mass is 9.93. The van der Waals surface area contributed by atoms with Crippen LogP contribution in [0.5, 0.6) is 5.88 Å². The number of carbonyl (C=O) groups is 1. The molecule has 0 bridgehead atoms. The van der Waals surface area contributed by atoms with Crippen LogP contribution in [0, 0.1) is 0 Å². The summed E-state index contributed by atoms with van der Waals surface area (Å²) in [5.41, 5.74) is 6.92. The molecule has 0 spiro atoms. The van der Waals surface area contributed by atoms with Crippen LogP contribution >= 0.6 is 0 Å². The van der Waals surface area contributed by atoms with Crippen LogP contribution in [0.25, 0.3) is 0 Å². The van der Waals surface area contributed by atoms with Crippen LogP contribution in [-0.4, -0.2) is 23.0 Å². The second-order valence-corrected chi connectivity index (χ2v) is 6.21. The lowest BCUT2D eigenvalue weighted by Gasteiger charge is -2.29. The number of nitrogens with two attached hydrogens (primary N) is 1. The first kappa shape index (κ1) is 16.5. The van der Waals surface area contributed by atoms with Gasteiger partial charge >= 0.3 is 0 Å². The molecule has 0 unspecified atom stereocenters. The van der Waals surface area contributed by atoms with Crippen molar-refractivity contribution in [3.05, 3.63) is 59.8 Å². The summed E-state index contributed by atoms with van der Waals surface area (Å²) in [7, 11) is 0. The summed E-state index contributed by atoms with van der Waals surface area (Å²) in [6.45, 7) is 0.910. The summed E-state index contributed by atoms with van der Waals surface area (Å²) >= 11 is 0. The smallest absolute Gasteiger partial charge is 0.250 e. The summed E-state index contributed by atoms with van der Waals surface area (Å²) in [4.78, 5) is 15.2. The van der Waals surface area contributed by atoms with Crippen LogP contribution in [0.1, 0.15) is 41.6 Å². The molecule has 0 atom stereocenters. The number of nitrogens with one attached hydrogen (secondary N) is 1. The number of pyridine rings is 1. The van der Waals surface area contributed by atoms with Gasteiger partial charge in [-0.05, 0) is 37.3 Å². The Hall–Kier alpha value is -2.40. The number of hydrogen-bond acceptors (Lipinski definition) is 4. The van der Waals surface area contributed by atoms with Gasteiger partial charge in [0.05, 0.1) is 5.56 Å². The minimum absolute atomic E-state index is 0.187. The van der Waals surface area contributed by atoms with E-state index in [2.05, 4.69) is 34.6 Å². The molecule has 1 saturated carbocycles. The van der Waals surface area contributed by atoms with E-state index in [-0.39, 0.29) is 6.10 Å². The highest BCUT2D eigenvalue weighted by Gasteiger charge is 2.22. The molecular weight excluding hydrogens is 302 g/mol. The summed E-state index contributed by atoms with van der Waals surface area (Å²) < 4.78 is 5.91. The average Bonchev–Trinajstić information content (AvgIpc) is 2.62. The van der Waals surface area contributed by atoms with Crippen LogP contribution in [0.4, 0.5) is 0 Å². The maximum Gasteiger partial charge on any atom is 0.250 e. The molecule has 1 fully saturated rings. The van der Waals surface area contributed by atoms with Gasteiger partial charge in [0.2, 0.25) is 11.8 Å². The van der Waals surface area contributed by atoms with Gasteiger partial charge in [0.1, 0.15) is 6.10 Å². The van der Waals surface area contributed by atoms with Crippen molar-refractivity contribution in [2.24, 2.45) is 5.73 Å². The van der Waals surface area contributed by atoms with Crippen molar-refractivity contribution in [3.63, 3.8) is 0 Å². The normalized spacial score (nSPS) is 20.5. The number of primary amides is 1. The fourth-order valence-corrected chi connectivity index (χ4v) is 3.01. The summed E-state index contributed by atoms with van der Waals surface area (Å²) in [6.07, 6.45) is 5.85. The fraction of sp³-hybridized carbons (Fsp3) is 0.368. The number of hydrogen-bond donors (Lipinski definition) is 2. The van der Waals surface area contributed by atoms with Gasteiger partial charge in [0, 0.05) is 24.8 Å². The number of nitrogens with zero attached hydrogens (tertiary/aromatic N) is 1. The Labute approximate surface area is 142 Å². The zero-order chi connectivity index (χ0) is 16.8. The highest BCUT2D eigenvalue weighted by molar-refractivity contribution is 5.92. The standard InChI is InChI=1S/C19H23N3O2/c20-19(23)15-6-11-18(22-13-15)24-17-9-7-16(8-10-17)21-12-14-4-2-1-3-5-14/h1-6,11,13,16-17,21H,7-10,12H2,(H2,20,23)/t16-,17-. The number of amides is 1. The van der Waals surface area contributed by atoms with Gasteiger partial charge in [0.25, 0.3) is 0 Å². The molecule has 1 aliphatic rings. The van der Waals surface area contributed by atoms with Gasteiger partial charge < -0.3 is 15.8 Å². The molecule has 126 valence electrons. The molecule has 5 heteroatoms. The fourth-order valence-electron chi connectivity index (χ4n) is 3.01. The van der Waals surface area contributed by atoms with E-state index in [1.807, 2.05) is 6.07 Å². The molecule has 1 aromatic carbocycles. The van der Waals surface area contributed by atoms with E-state index in [0.717, 1.165) is 32.2 Å². The van der Waals surface area contributed by atoms with E-state index in [0.29, 0.717) is 17.5 Å². The van der Waals surface area contributed by atoms with E-state index in [9.17, 15) is 4.79 Å². The number of aromatic nitrogens is 1. The summed E-state index contributed by atoms with van der Waals surface area (Å²) in [6, 6.07) is 14.4. The second-order valence-electron chi connectivity index (χ2n) is 6.21. The van der Waals surface area contributed by atoms with Crippen LogP contribution < -0.4 is 15.8 Å². The highest BCUT2D eigenvalue weighted by atomic mass is 16.5. The Morgan fingerprint density at radius 3 is 2.50 bits per heavy atom. The molecule has 1 heterocycles. The molecule has 3 N–H and O–H groups in total. The number of benzene rings is 1. The maximum atomic E-state index is 11.0. The second kappa shape index (κ2) is 7.93. The topological polar surface area (TPSA) is 77.2 Å². The first-order valence-corrected chi connectivity index (χ1v) is 8.40. The van der Waals surface area contributed by atoms with Crippen molar-refractivity contribution in [1.29, 1.82) is 0 Å². The van der Waals surface area contributed by atoms with Gasteiger partial charge in [-0.3, -0.25) is 4.79 Å². The van der Waals surface area contributed by atoms with Crippen LogP contribution in [0.15, 0.2) is 48.7 Å². The zero-order valence-electron chi connectivity index (χ0n) is 13.7. The number of ether oxygens (including phenoxy) is 1. The monoisotopic (exact) mass is 325 g/mol. The maximum absolute atomic E-state index is 11.0. The molecule has 1 aromatic heterocycles. The highest BCUT2D eigenvalue weighted by Crippen LogP contribution is 2.23. The van der Waals surface area contributed by atoms with Gasteiger partial charge in [-0.15, -0.1) is 0 Å². The molecular formula is C19H23N3O2. The third-order valence-corrected chi connectivity index (χ3v) is 4.42. The Kier molecular flexibility index (Phi) is 5.43. The van der Waals surface area contributed by atoms with E-state index in [4.69, 9.17) is 10.5 Å². The Bertz CT molecular complexity index is 650. The van der Waals surface area contributed by atoms with E-state index < -0.39 is 5.91 Å². The third kappa shape index (κ3) is 4.55. The first-order chi connectivity index (χ1) is 11.7. The summed E-state index contributed by atoms with van der Waals surface area (Å²) in [5, 5.41) is 3.62. The van der Waals surface area contributed by atoms with Crippen molar-refractivity contribution in [2.75, 3.05) is 0 Å². The molecule has 24 heavy (non-hydrogen) atoms. The molecule has 1 amide bonds. The predicted octanol–water partition coefficient (Wildman–Crippen LogP) is 2.66. The quantitative estimate of drug-likeness (QED) is 0.856. The van der Waals surface area contributed by atoms with Gasteiger partial charge in [-0.1, -0.05) is 30.3 Å². The average molecular weight is 325 g/mol. The Morgan fingerprint density at radius 2 is 1.88 bits per heavy atom. The van der Waals surface area contributed by atoms with Gasteiger partial charge in [-0.25, -0.2) is 4.98 Å². The molecule has 3 rings (SSSR count). The zero-order valence-corrected chi connectivity index (χ0v) is 13.7. The molecule has 5 nitrogen and oxygen atoms in total.